The Balaban J connectivity index is 2.13. The highest BCUT2D eigenvalue weighted by atomic mass is 16.1. The molecule has 2 aromatic carbocycles. The van der Waals surface area contributed by atoms with E-state index < -0.39 is 0 Å². The van der Waals surface area contributed by atoms with Crippen LogP contribution in [-0.2, 0) is 0 Å². The number of nitrogens with one attached hydrogen (secondary N) is 1. The van der Waals surface area contributed by atoms with Gasteiger partial charge in [0.15, 0.2) is 0 Å². The van der Waals surface area contributed by atoms with Gasteiger partial charge < -0.3 is 5.32 Å². The second-order valence-corrected chi connectivity index (χ2v) is 4.74. The van der Waals surface area contributed by atoms with E-state index in [9.17, 15) is 4.79 Å². The first kappa shape index (κ1) is 12.4. The van der Waals surface area contributed by atoms with Crippen molar-refractivity contribution in [2.45, 2.75) is 6.92 Å². The van der Waals surface area contributed by atoms with E-state index in [4.69, 9.17) is 0 Å². The maximum absolute atomic E-state index is 11.6. The number of aryl methyl sites for hydroxylation is 1. The minimum Gasteiger partial charge on any atom is -0.355 e. The molecule has 1 N–H and O–H groups in total. The number of hydrogen-bond donors (Lipinski definition) is 1. The molecule has 0 bridgehead atoms. The number of amides is 1. The van der Waals surface area contributed by atoms with Crippen molar-refractivity contribution in [3.05, 3.63) is 59.9 Å². The van der Waals surface area contributed by atoms with Crippen molar-refractivity contribution in [1.82, 2.24) is 14.9 Å². The van der Waals surface area contributed by atoms with Crippen LogP contribution in [-0.4, -0.2) is 22.5 Å². The number of nitrogens with zero attached hydrogens (tertiary/aromatic N) is 2. The number of fused-ring (bicyclic) bond motifs is 1. The van der Waals surface area contributed by atoms with Gasteiger partial charge in [0.1, 0.15) is 6.33 Å². The zero-order valence-electron chi connectivity index (χ0n) is 11.4. The molecule has 4 heteroatoms. The predicted molar refractivity (Wildman–Crippen MR) is 79.2 cm³/mol. The van der Waals surface area contributed by atoms with E-state index in [1.165, 1.54) is 5.56 Å². The van der Waals surface area contributed by atoms with Gasteiger partial charge in [-0.3, -0.25) is 9.36 Å². The highest BCUT2D eigenvalue weighted by Crippen LogP contribution is 2.20. The van der Waals surface area contributed by atoms with E-state index in [-0.39, 0.29) is 5.91 Å². The number of carbonyl (C=O) groups is 1. The van der Waals surface area contributed by atoms with Gasteiger partial charge in [0, 0.05) is 18.3 Å². The second-order valence-electron chi connectivity index (χ2n) is 4.74. The summed E-state index contributed by atoms with van der Waals surface area (Å²) < 4.78 is 2.02. The lowest BCUT2D eigenvalue weighted by Gasteiger charge is -2.05. The van der Waals surface area contributed by atoms with Crippen LogP contribution in [0.4, 0.5) is 0 Å². The Bertz CT molecular complexity index is 789. The molecular weight excluding hydrogens is 250 g/mol. The van der Waals surface area contributed by atoms with Gasteiger partial charge >= 0.3 is 0 Å². The fourth-order valence-corrected chi connectivity index (χ4v) is 2.28. The van der Waals surface area contributed by atoms with Gasteiger partial charge in [-0.15, -0.1) is 0 Å². The Hall–Kier alpha value is -2.62. The molecule has 0 aliphatic carbocycles. The molecule has 0 aliphatic rings. The van der Waals surface area contributed by atoms with E-state index >= 15 is 0 Å². The van der Waals surface area contributed by atoms with E-state index in [2.05, 4.69) is 29.4 Å². The Kier molecular flexibility index (Phi) is 2.99. The highest BCUT2D eigenvalue weighted by Gasteiger charge is 2.08. The summed E-state index contributed by atoms with van der Waals surface area (Å²) in [6, 6.07) is 13.8. The van der Waals surface area contributed by atoms with E-state index in [0.29, 0.717) is 5.56 Å². The Morgan fingerprint density at radius 2 is 2.05 bits per heavy atom. The molecule has 1 aromatic heterocycles. The third kappa shape index (κ3) is 2.05. The molecule has 100 valence electrons. The number of imidazole rings is 1. The fraction of sp³-hybridized carbons (Fsp3) is 0.125. The first-order valence-corrected chi connectivity index (χ1v) is 6.45. The lowest BCUT2D eigenvalue weighted by Crippen LogP contribution is -2.17. The molecule has 0 aliphatic heterocycles. The molecule has 0 unspecified atom stereocenters. The average Bonchev–Trinajstić information content (AvgIpc) is 2.89. The van der Waals surface area contributed by atoms with Crippen molar-refractivity contribution in [3.63, 3.8) is 0 Å². The molecule has 0 saturated heterocycles. The van der Waals surface area contributed by atoms with Gasteiger partial charge in [-0.2, -0.15) is 0 Å². The van der Waals surface area contributed by atoms with Crippen LogP contribution >= 0.6 is 0 Å². The monoisotopic (exact) mass is 265 g/mol. The first-order chi connectivity index (χ1) is 9.69. The van der Waals surface area contributed by atoms with Crippen molar-refractivity contribution < 1.29 is 4.79 Å². The van der Waals surface area contributed by atoms with Gasteiger partial charge in [0.05, 0.1) is 11.0 Å². The number of carbonyl (C=O) groups excluding carboxylic acids is 1. The molecule has 1 heterocycles. The van der Waals surface area contributed by atoms with Crippen molar-refractivity contribution >= 4 is 16.9 Å². The Morgan fingerprint density at radius 3 is 2.80 bits per heavy atom. The van der Waals surface area contributed by atoms with Crippen LogP contribution in [0.3, 0.4) is 0 Å². The topological polar surface area (TPSA) is 46.9 Å². The maximum Gasteiger partial charge on any atom is 0.251 e. The number of aromatic nitrogens is 2. The van der Waals surface area contributed by atoms with Crippen LogP contribution in [0.25, 0.3) is 16.7 Å². The van der Waals surface area contributed by atoms with Gasteiger partial charge in [0.25, 0.3) is 5.91 Å². The summed E-state index contributed by atoms with van der Waals surface area (Å²) in [4.78, 5) is 16.0. The molecule has 0 saturated carbocycles. The fourth-order valence-electron chi connectivity index (χ4n) is 2.28. The number of hydrogen-bond acceptors (Lipinski definition) is 2. The number of rotatable bonds is 2. The van der Waals surface area contributed by atoms with Crippen LogP contribution in [0.5, 0.6) is 0 Å². The molecule has 3 aromatic rings. The summed E-state index contributed by atoms with van der Waals surface area (Å²) in [5, 5.41) is 2.62. The molecule has 0 spiro atoms. The molecular formula is C16H15N3O. The normalized spacial score (nSPS) is 10.7. The van der Waals surface area contributed by atoms with Crippen LogP contribution in [0.2, 0.25) is 0 Å². The average molecular weight is 265 g/mol. The molecule has 3 rings (SSSR count). The molecule has 20 heavy (non-hydrogen) atoms. The van der Waals surface area contributed by atoms with Gasteiger partial charge in [-0.05, 0) is 42.8 Å². The summed E-state index contributed by atoms with van der Waals surface area (Å²) >= 11 is 0. The second kappa shape index (κ2) is 4.81. The van der Waals surface area contributed by atoms with Crippen molar-refractivity contribution in [2.24, 2.45) is 0 Å². The minimum absolute atomic E-state index is 0.1000. The van der Waals surface area contributed by atoms with Crippen molar-refractivity contribution in [1.29, 1.82) is 0 Å². The smallest absolute Gasteiger partial charge is 0.251 e. The van der Waals surface area contributed by atoms with E-state index in [1.807, 2.05) is 28.8 Å². The van der Waals surface area contributed by atoms with Gasteiger partial charge in [0.2, 0.25) is 0 Å². The van der Waals surface area contributed by atoms with Crippen LogP contribution in [0.1, 0.15) is 15.9 Å². The summed E-state index contributed by atoms with van der Waals surface area (Å²) in [5.41, 5.74) is 4.69. The zero-order chi connectivity index (χ0) is 14.1. The lowest BCUT2D eigenvalue weighted by atomic mass is 10.2. The van der Waals surface area contributed by atoms with Crippen LogP contribution in [0, 0.1) is 6.92 Å². The third-order valence-electron chi connectivity index (χ3n) is 3.32. The molecule has 0 radical (unpaired) electrons. The summed E-state index contributed by atoms with van der Waals surface area (Å²) in [5.74, 6) is -0.1000. The quantitative estimate of drug-likeness (QED) is 0.774. The maximum atomic E-state index is 11.6. The lowest BCUT2D eigenvalue weighted by molar-refractivity contribution is 0.0963. The molecule has 4 nitrogen and oxygen atoms in total. The van der Waals surface area contributed by atoms with Crippen LogP contribution in [0.15, 0.2) is 48.8 Å². The molecule has 1 amide bonds. The van der Waals surface area contributed by atoms with Crippen molar-refractivity contribution in [2.75, 3.05) is 7.05 Å². The Morgan fingerprint density at radius 1 is 1.20 bits per heavy atom. The largest absolute Gasteiger partial charge is 0.355 e. The predicted octanol–water partition coefficient (Wildman–Crippen LogP) is 2.69. The SMILES string of the molecule is CNC(=O)c1ccc2c(c1)ncn2-c1cccc(C)c1. The van der Waals surface area contributed by atoms with Crippen molar-refractivity contribution in [3.8, 4) is 5.69 Å². The van der Waals surface area contributed by atoms with Gasteiger partial charge in [-0.1, -0.05) is 12.1 Å². The minimum atomic E-state index is -0.1000. The number of benzene rings is 2. The van der Waals surface area contributed by atoms with Gasteiger partial charge in [-0.25, -0.2) is 4.98 Å². The highest BCUT2D eigenvalue weighted by molar-refractivity contribution is 5.97. The standard InChI is InChI=1S/C16H15N3O/c1-11-4-3-5-13(8-11)19-10-18-14-9-12(16(20)17-2)6-7-15(14)19/h3-10H,1-2H3,(H,17,20). The van der Waals surface area contributed by atoms with E-state index in [0.717, 1.165) is 16.7 Å². The third-order valence-corrected chi connectivity index (χ3v) is 3.32. The van der Waals surface area contributed by atoms with E-state index in [1.54, 1.807) is 19.4 Å². The molecule has 0 fully saturated rings. The zero-order valence-corrected chi connectivity index (χ0v) is 11.4. The summed E-state index contributed by atoms with van der Waals surface area (Å²) in [6.45, 7) is 2.06. The molecule has 0 atom stereocenters. The van der Waals surface area contributed by atoms with Crippen LogP contribution < -0.4 is 5.32 Å². The Labute approximate surface area is 117 Å². The summed E-state index contributed by atoms with van der Waals surface area (Å²) in [6.07, 6.45) is 1.78. The first-order valence-electron chi connectivity index (χ1n) is 6.45. The summed E-state index contributed by atoms with van der Waals surface area (Å²) in [7, 11) is 1.62.